The number of carbonyl (C=O) groups excluding carboxylic acids is 1. The number of rotatable bonds is 0. The summed E-state index contributed by atoms with van der Waals surface area (Å²) >= 11 is 10.5. The minimum Gasteiger partial charge on any atom is -0.351 e. The molecule has 0 saturated carbocycles. The summed E-state index contributed by atoms with van der Waals surface area (Å²) in [4.78, 5) is 14.4. The topological polar surface area (TPSA) is 20.3 Å². The second-order valence-corrected chi connectivity index (χ2v) is 6.51. The van der Waals surface area contributed by atoms with Gasteiger partial charge in [-0.05, 0) is 28.4 Å². The Morgan fingerprint density at radius 3 is 2.86 bits per heavy atom. The van der Waals surface area contributed by atoms with Crippen LogP contribution >= 0.6 is 47.8 Å². The normalized spacial score (nSPS) is 39.6. The van der Waals surface area contributed by atoms with Crippen LogP contribution in [0.2, 0.25) is 0 Å². The fraction of sp³-hybridized carbons (Fsp3) is 0.444. The number of carbonyl (C=O) groups is 1. The van der Waals surface area contributed by atoms with E-state index in [1.165, 1.54) is 0 Å². The molecule has 0 bridgehead atoms. The van der Waals surface area contributed by atoms with Crippen LogP contribution in [0.15, 0.2) is 20.7 Å². The maximum Gasteiger partial charge on any atom is 0.199 e. The minimum absolute atomic E-state index is 0.0908. The van der Waals surface area contributed by atoms with Crippen LogP contribution in [-0.2, 0) is 4.79 Å². The summed E-state index contributed by atoms with van der Waals surface area (Å²) in [6, 6.07) is 0.291. The highest BCUT2D eigenvalue weighted by Gasteiger charge is 2.52. The third-order valence-corrected chi connectivity index (χ3v) is 5.26. The monoisotopic (exact) mass is 381 g/mol. The van der Waals surface area contributed by atoms with Crippen molar-refractivity contribution in [3.63, 3.8) is 0 Å². The molecule has 14 heavy (non-hydrogen) atoms. The quantitative estimate of drug-likeness (QED) is 0.599. The largest absolute Gasteiger partial charge is 0.351 e. The van der Waals surface area contributed by atoms with Gasteiger partial charge in [0.1, 0.15) is 6.04 Å². The fourth-order valence-electron chi connectivity index (χ4n) is 2.41. The van der Waals surface area contributed by atoms with Crippen LogP contribution in [0.25, 0.3) is 0 Å². The molecule has 3 aliphatic heterocycles. The standard InChI is InChI=1S/C9H6Br3NO/c10-4-1-3-2-5(11)8-9(14)6(12)7(4)13(3)8/h2-4,8H,1H2/t3-,4+,8-/m0/s1. The molecule has 0 aromatic carbocycles. The van der Waals surface area contributed by atoms with Gasteiger partial charge in [0, 0.05) is 10.2 Å². The molecule has 0 aromatic rings. The van der Waals surface area contributed by atoms with E-state index in [1.807, 2.05) is 0 Å². The number of nitrogens with zero attached hydrogens (tertiary/aromatic N) is 1. The van der Waals surface area contributed by atoms with Crippen LogP contribution in [0, 0.1) is 0 Å². The van der Waals surface area contributed by atoms with Gasteiger partial charge in [0.25, 0.3) is 0 Å². The molecule has 3 atom stereocenters. The Kier molecular flexibility index (Phi) is 2.02. The molecule has 1 fully saturated rings. The number of allylic oxidation sites excluding steroid dienone is 1. The molecule has 5 heteroatoms. The molecule has 0 aliphatic carbocycles. The molecular formula is C9H6Br3NO. The Balaban J connectivity index is 2.17. The van der Waals surface area contributed by atoms with Crippen molar-refractivity contribution < 1.29 is 4.79 Å². The van der Waals surface area contributed by atoms with Crippen molar-refractivity contribution in [3.05, 3.63) is 20.7 Å². The van der Waals surface area contributed by atoms with Gasteiger partial charge in [-0.2, -0.15) is 0 Å². The Bertz CT molecular complexity index is 401. The zero-order valence-corrected chi connectivity index (χ0v) is 11.8. The summed E-state index contributed by atoms with van der Waals surface area (Å²) in [7, 11) is 0. The van der Waals surface area contributed by atoms with E-state index in [1.54, 1.807) is 0 Å². The molecule has 2 nitrogen and oxygen atoms in total. The highest BCUT2D eigenvalue weighted by atomic mass is 79.9. The second-order valence-electron chi connectivity index (χ2n) is 3.70. The lowest BCUT2D eigenvalue weighted by Crippen LogP contribution is -2.32. The first-order valence-electron chi connectivity index (χ1n) is 4.34. The van der Waals surface area contributed by atoms with Gasteiger partial charge < -0.3 is 4.90 Å². The van der Waals surface area contributed by atoms with E-state index in [-0.39, 0.29) is 11.8 Å². The first-order chi connectivity index (χ1) is 6.61. The van der Waals surface area contributed by atoms with E-state index in [0.29, 0.717) is 10.9 Å². The molecule has 1 saturated heterocycles. The van der Waals surface area contributed by atoms with Gasteiger partial charge in [-0.3, -0.25) is 4.79 Å². The summed E-state index contributed by atoms with van der Waals surface area (Å²) in [5.41, 5.74) is 1.12. The SMILES string of the molecule is O=C1C(Br)=C2[C@H](Br)C[C@H]3C=C(Br)[C@@H]1N23. The first kappa shape index (κ1) is 9.60. The van der Waals surface area contributed by atoms with Crippen molar-refractivity contribution in [1.82, 2.24) is 4.90 Å². The maximum atomic E-state index is 11.9. The number of hydrogen-bond acceptors (Lipinski definition) is 2. The molecule has 0 amide bonds. The van der Waals surface area contributed by atoms with Gasteiger partial charge in [0.05, 0.1) is 15.4 Å². The molecular weight excluding hydrogens is 378 g/mol. The minimum atomic E-state index is -0.0908. The van der Waals surface area contributed by atoms with E-state index < -0.39 is 0 Å². The zero-order chi connectivity index (χ0) is 10.0. The van der Waals surface area contributed by atoms with Crippen LogP contribution in [0.5, 0.6) is 0 Å². The van der Waals surface area contributed by atoms with E-state index in [0.717, 1.165) is 21.1 Å². The molecule has 74 valence electrons. The number of Topliss-reactive ketones (excluding diaryl/α,β-unsaturated/α-hetero) is 1. The van der Waals surface area contributed by atoms with Crippen molar-refractivity contribution >= 4 is 53.6 Å². The fourth-order valence-corrected chi connectivity index (χ4v) is 5.00. The molecule has 0 N–H and O–H groups in total. The summed E-state index contributed by atoms with van der Waals surface area (Å²) < 4.78 is 1.76. The number of alkyl halides is 1. The van der Waals surface area contributed by atoms with Gasteiger partial charge in [0.2, 0.25) is 0 Å². The molecule has 0 radical (unpaired) electrons. The van der Waals surface area contributed by atoms with Crippen molar-refractivity contribution in [2.45, 2.75) is 23.3 Å². The van der Waals surface area contributed by atoms with Gasteiger partial charge in [-0.1, -0.05) is 31.9 Å². The Morgan fingerprint density at radius 1 is 1.43 bits per heavy atom. The summed E-state index contributed by atoms with van der Waals surface area (Å²) in [5.74, 6) is 0.176. The summed E-state index contributed by atoms with van der Waals surface area (Å²) in [5, 5.41) is 0. The average molecular weight is 384 g/mol. The highest BCUT2D eigenvalue weighted by molar-refractivity contribution is 9.12. The maximum absolute atomic E-state index is 11.9. The zero-order valence-electron chi connectivity index (χ0n) is 7.01. The Hall–Kier alpha value is 0.390. The molecule has 3 heterocycles. The van der Waals surface area contributed by atoms with Crippen molar-refractivity contribution in [2.24, 2.45) is 0 Å². The molecule has 0 spiro atoms. The van der Waals surface area contributed by atoms with Crippen LogP contribution in [0.3, 0.4) is 0 Å². The van der Waals surface area contributed by atoms with Gasteiger partial charge in [-0.25, -0.2) is 0 Å². The summed E-state index contributed by atoms with van der Waals surface area (Å²) in [6.45, 7) is 0. The molecule has 3 rings (SSSR count). The third kappa shape index (κ3) is 0.985. The van der Waals surface area contributed by atoms with Crippen LogP contribution in [-0.4, -0.2) is 27.6 Å². The lowest BCUT2D eigenvalue weighted by Gasteiger charge is -2.20. The van der Waals surface area contributed by atoms with Crippen LogP contribution in [0.1, 0.15) is 6.42 Å². The van der Waals surface area contributed by atoms with E-state index in [9.17, 15) is 4.79 Å². The van der Waals surface area contributed by atoms with E-state index in [2.05, 4.69) is 58.8 Å². The summed E-state index contributed by atoms with van der Waals surface area (Å²) in [6.07, 6.45) is 3.19. The van der Waals surface area contributed by atoms with Crippen molar-refractivity contribution in [3.8, 4) is 0 Å². The van der Waals surface area contributed by atoms with Gasteiger partial charge in [-0.15, -0.1) is 0 Å². The van der Waals surface area contributed by atoms with E-state index >= 15 is 0 Å². The van der Waals surface area contributed by atoms with Crippen molar-refractivity contribution in [1.29, 1.82) is 0 Å². The number of ketones is 1. The molecule has 0 aromatic heterocycles. The lowest BCUT2D eigenvalue weighted by atomic mass is 10.2. The van der Waals surface area contributed by atoms with Crippen LogP contribution in [0.4, 0.5) is 0 Å². The smallest absolute Gasteiger partial charge is 0.199 e. The number of hydrogen-bond donors (Lipinski definition) is 0. The van der Waals surface area contributed by atoms with Gasteiger partial charge >= 0.3 is 0 Å². The predicted octanol–water partition coefficient (Wildman–Crippen LogP) is 2.67. The van der Waals surface area contributed by atoms with Crippen LogP contribution < -0.4 is 0 Å². The van der Waals surface area contributed by atoms with Gasteiger partial charge in [0.15, 0.2) is 5.78 Å². The molecule has 0 unspecified atom stereocenters. The average Bonchev–Trinajstić information content (AvgIpc) is 2.64. The predicted molar refractivity (Wildman–Crippen MR) is 64.7 cm³/mol. The Morgan fingerprint density at radius 2 is 2.14 bits per heavy atom. The lowest BCUT2D eigenvalue weighted by molar-refractivity contribution is -0.116. The third-order valence-electron chi connectivity index (χ3n) is 2.96. The van der Waals surface area contributed by atoms with Crippen molar-refractivity contribution in [2.75, 3.05) is 0 Å². The second kappa shape index (κ2) is 2.95. The first-order valence-corrected chi connectivity index (χ1v) is 6.85. The molecule has 3 aliphatic rings. The Labute approximate surface area is 107 Å². The van der Waals surface area contributed by atoms with E-state index in [4.69, 9.17) is 0 Å². The highest BCUT2D eigenvalue weighted by Crippen LogP contribution is 2.50. The number of halogens is 3.